The normalized spacial score (nSPS) is 10.8. The molecular weight excluding hydrogens is 479 g/mol. The van der Waals surface area contributed by atoms with Crippen molar-refractivity contribution in [2.24, 2.45) is 0 Å². The van der Waals surface area contributed by atoms with Crippen molar-refractivity contribution in [2.45, 2.75) is 6.54 Å². The van der Waals surface area contributed by atoms with Crippen LogP contribution in [0, 0.1) is 15.9 Å². The summed E-state index contributed by atoms with van der Waals surface area (Å²) in [6.07, 6.45) is 5.99. The summed E-state index contributed by atoms with van der Waals surface area (Å²) in [6.45, 7) is -0.0342. The number of methoxy groups -OCH3 is 1. The molecular formula is C25H18ClFN2O6. The zero-order valence-corrected chi connectivity index (χ0v) is 19.1. The third-order valence-electron chi connectivity index (χ3n) is 5.18. The van der Waals surface area contributed by atoms with Gasteiger partial charge in [-0.3, -0.25) is 14.9 Å². The SMILES string of the molecule is COc1cccc2cc(C(=O)/C=C/c3cc[n+](Cc4c(F)cccc4[N+](=O)[O-])cc3)c(=O)oc12.[Cl-]. The van der Waals surface area contributed by atoms with Crippen molar-refractivity contribution in [1.29, 1.82) is 0 Å². The monoisotopic (exact) mass is 496 g/mol. The number of carbonyl (C=O) groups excluding carboxylic acids is 1. The highest BCUT2D eigenvalue weighted by Crippen LogP contribution is 2.24. The van der Waals surface area contributed by atoms with Gasteiger partial charge in [0, 0.05) is 23.6 Å². The van der Waals surface area contributed by atoms with Crippen LogP contribution in [0.5, 0.6) is 5.75 Å². The molecule has 0 bridgehead atoms. The van der Waals surface area contributed by atoms with E-state index in [1.165, 1.54) is 43.5 Å². The molecule has 0 saturated carbocycles. The highest BCUT2D eigenvalue weighted by molar-refractivity contribution is 6.08. The number of halogens is 2. The highest BCUT2D eigenvalue weighted by Gasteiger charge is 2.21. The van der Waals surface area contributed by atoms with E-state index in [9.17, 15) is 24.1 Å². The van der Waals surface area contributed by atoms with Gasteiger partial charge >= 0.3 is 5.63 Å². The molecule has 0 spiro atoms. The first kappa shape index (κ1) is 25.3. The summed E-state index contributed by atoms with van der Waals surface area (Å²) in [5.74, 6) is -0.803. The molecule has 0 aliphatic carbocycles. The lowest BCUT2D eigenvalue weighted by Crippen LogP contribution is -3.00. The summed E-state index contributed by atoms with van der Waals surface area (Å²) in [4.78, 5) is 35.5. The predicted octanol–water partition coefficient (Wildman–Crippen LogP) is 1.08. The van der Waals surface area contributed by atoms with E-state index < -0.39 is 22.1 Å². The molecule has 2 heterocycles. The number of nitrogens with zero attached hydrogens (tertiary/aromatic N) is 2. The maximum absolute atomic E-state index is 14.1. The molecule has 0 amide bonds. The third-order valence-corrected chi connectivity index (χ3v) is 5.18. The number of hydrogen-bond donors (Lipinski definition) is 0. The van der Waals surface area contributed by atoms with Crippen molar-refractivity contribution >= 4 is 28.5 Å². The summed E-state index contributed by atoms with van der Waals surface area (Å²) in [5.41, 5.74) is -0.318. The van der Waals surface area contributed by atoms with Crippen LogP contribution in [0.3, 0.4) is 0 Å². The zero-order chi connectivity index (χ0) is 24.2. The van der Waals surface area contributed by atoms with E-state index in [4.69, 9.17) is 9.15 Å². The molecule has 0 unspecified atom stereocenters. The Balaban J connectivity index is 0.00000342. The molecule has 2 aromatic carbocycles. The number of nitro groups is 1. The fourth-order valence-corrected chi connectivity index (χ4v) is 3.45. The van der Waals surface area contributed by atoms with Gasteiger partial charge in [0.15, 0.2) is 36.1 Å². The lowest BCUT2D eigenvalue weighted by molar-refractivity contribution is -0.689. The Morgan fingerprint density at radius 3 is 2.57 bits per heavy atom. The van der Waals surface area contributed by atoms with Gasteiger partial charge in [0.2, 0.25) is 0 Å². The topological polar surface area (TPSA) is 104 Å². The minimum absolute atomic E-state index is 0. The van der Waals surface area contributed by atoms with Gasteiger partial charge in [-0.2, -0.15) is 0 Å². The summed E-state index contributed by atoms with van der Waals surface area (Å²) in [6, 6.07) is 13.6. The van der Waals surface area contributed by atoms with E-state index in [-0.39, 0.29) is 41.3 Å². The smallest absolute Gasteiger partial charge is 0.347 e. The minimum Gasteiger partial charge on any atom is -1.00 e. The van der Waals surface area contributed by atoms with Crippen molar-refractivity contribution in [3.8, 4) is 5.75 Å². The first-order valence-electron chi connectivity index (χ1n) is 10.1. The largest absolute Gasteiger partial charge is 1.00 e. The number of nitro benzene ring substituents is 1. The second-order valence-electron chi connectivity index (χ2n) is 7.32. The Bertz CT molecular complexity index is 1500. The summed E-state index contributed by atoms with van der Waals surface area (Å²) >= 11 is 0. The number of para-hydroxylation sites is 1. The number of carbonyl (C=O) groups is 1. The molecule has 0 saturated heterocycles. The Morgan fingerprint density at radius 2 is 1.89 bits per heavy atom. The number of fused-ring (bicyclic) bond motifs is 1. The Kier molecular flexibility index (Phi) is 7.73. The quantitative estimate of drug-likeness (QED) is 0.0947. The number of aromatic nitrogens is 1. The van der Waals surface area contributed by atoms with E-state index in [1.807, 2.05) is 0 Å². The minimum atomic E-state index is -0.774. The van der Waals surface area contributed by atoms with Gasteiger partial charge in [0.1, 0.15) is 16.9 Å². The maximum atomic E-state index is 14.1. The van der Waals surface area contributed by atoms with Crippen LogP contribution in [-0.2, 0) is 6.54 Å². The van der Waals surface area contributed by atoms with Crippen LogP contribution in [0.2, 0.25) is 0 Å². The van der Waals surface area contributed by atoms with E-state index in [0.29, 0.717) is 16.7 Å². The number of ketones is 1. The third kappa shape index (κ3) is 5.42. The van der Waals surface area contributed by atoms with Gasteiger partial charge in [-0.05, 0) is 29.8 Å². The van der Waals surface area contributed by atoms with Gasteiger partial charge in [0.25, 0.3) is 5.69 Å². The molecule has 0 N–H and O–H groups in total. The first-order chi connectivity index (χ1) is 16.4. The van der Waals surface area contributed by atoms with Crippen molar-refractivity contribution in [3.05, 3.63) is 116 Å². The number of hydrogen-bond acceptors (Lipinski definition) is 6. The molecule has 8 nitrogen and oxygen atoms in total. The molecule has 4 rings (SSSR count). The van der Waals surface area contributed by atoms with Crippen molar-refractivity contribution in [3.63, 3.8) is 0 Å². The second kappa shape index (κ2) is 10.7. The number of benzene rings is 2. The Hall–Kier alpha value is -4.37. The number of allylic oxidation sites excluding steroid dienone is 1. The molecule has 0 aliphatic rings. The van der Waals surface area contributed by atoms with Crippen LogP contribution >= 0.6 is 0 Å². The fourth-order valence-electron chi connectivity index (χ4n) is 3.45. The van der Waals surface area contributed by atoms with Crippen LogP contribution in [0.25, 0.3) is 17.0 Å². The van der Waals surface area contributed by atoms with Crippen LogP contribution in [0.1, 0.15) is 21.5 Å². The van der Waals surface area contributed by atoms with Crippen LogP contribution in [0.15, 0.2) is 82.3 Å². The second-order valence-corrected chi connectivity index (χ2v) is 7.32. The predicted molar refractivity (Wildman–Crippen MR) is 121 cm³/mol. The summed E-state index contributed by atoms with van der Waals surface area (Å²) in [5, 5.41) is 11.7. The van der Waals surface area contributed by atoms with E-state index >= 15 is 0 Å². The number of pyridine rings is 1. The Morgan fingerprint density at radius 1 is 1.17 bits per heavy atom. The Labute approximate surface area is 204 Å². The molecule has 0 atom stereocenters. The molecule has 0 fully saturated rings. The van der Waals surface area contributed by atoms with Crippen LogP contribution in [-0.4, -0.2) is 17.8 Å². The van der Waals surface area contributed by atoms with Crippen molar-refractivity contribution in [2.75, 3.05) is 7.11 Å². The lowest BCUT2D eigenvalue weighted by atomic mass is 10.1. The average molecular weight is 497 g/mol. The average Bonchev–Trinajstić information content (AvgIpc) is 2.83. The zero-order valence-electron chi connectivity index (χ0n) is 18.3. The lowest BCUT2D eigenvalue weighted by Gasteiger charge is -2.04. The molecule has 0 radical (unpaired) electrons. The van der Waals surface area contributed by atoms with E-state index in [1.54, 1.807) is 47.3 Å². The van der Waals surface area contributed by atoms with Gasteiger partial charge in [-0.1, -0.05) is 24.3 Å². The number of rotatable bonds is 7. The maximum Gasteiger partial charge on any atom is 0.347 e. The van der Waals surface area contributed by atoms with E-state index in [2.05, 4.69) is 0 Å². The van der Waals surface area contributed by atoms with Crippen molar-refractivity contribution < 1.29 is 40.2 Å². The summed E-state index contributed by atoms with van der Waals surface area (Å²) in [7, 11) is 1.46. The van der Waals surface area contributed by atoms with Gasteiger partial charge in [-0.15, -0.1) is 0 Å². The fraction of sp³-hybridized carbons (Fsp3) is 0.0800. The van der Waals surface area contributed by atoms with Crippen LogP contribution < -0.4 is 27.3 Å². The number of ether oxygens (including phenoxy) is 1. The molecule has 4 aromatic rings. The first-order valence-corrected chi connectivity index (χ1v) is 10.1. The van der Waals surface area contributed by atoms with Crippen molar-refractivity contribution in [1.82, 2.24) is 0 Å². The van der Waals surface area contributed by atoms with Gasteiger partial charge in [0.05, 0.1) is 12.0 Å². The summed E-state index contributed by atoms with van der Waals surface area (Å²) < 4.78 is 26.1. The van der Waals surface area contributed by atoms with E-state index in [0.717, 1.165) is 0 Å². The molecule has 2 aromatic heterocycles. The molecule has 35 heavy (non-hydrogen) atoms. The molecule has 0 aliphatic heterocycles. The highest BCUT2D eigenvalue weighted by atomic mass is 35.5. The van der Waals surface area contributed by atoms with Gasteiger partial charge in [-0.25, -0.2) is 13.8 Å². The molecule has 178 valence electrons. The van der Waals surface area contributed by atoms with Crippen LogP contribution in [0.4, 0.5) is 10.1 Å². The van der Waals surface area contributed by atoms with Gasteiger partial charge < -0.3 is 21.6 Å². The standard InChI is InChI=1S/C25H18FN2O6.ClH/c1-33-23-7-2-4-17-14-18(25(30)34-24(17)23)22(29)9-8-16-10-12-27(13-11-16)15-19-20(26)5-3-6-21(19)28(31)32;/h2-14H,15H2,1H3;1H/q+1;/p-1/b9-8+;. The molecule has 10 heteroatoms.